The van der Waals surface area contributed by atoms with Crippen LogP contribution < -0.4 is 5.32 Å². The van der Waals surface area contributed by atoms with Crippen LogP contribution in [-0.4, -0.2) is 6.54 Å². The summed E-state index contributed by atoms with van der Waals surface area (Å²) in [5.41, 5.74) is 1.30. The van der Waals surface area contributed by atoms with Gasteiger partial charge in [-0.3, -0.25) is 0 Å². The normalized spacial score (nSPS) is 10.8. The number of hydrogen-bond acceptors (Lipinski definition) is 3. The summed E-state index contributed by atoms with van der Waals surface area (Å²) in [7, 11) is 0. The number of hydrogen-bond donors (Lipinski definition) is 1. The van der Waals surface area contributed by atoms with E-state index in [2.05, 4.69) is 46.4 Å². The Labute approximate surface area is 120 Å². The van der Waals surface area contributed by atoms with Crippen LogP contribution in [0.3, 0.4) is 0 Å². The first-order valence-corrected chi connectivity index (χ1v) is 7.52. The third kappa shape index (κ3) is 3.40. The smallest absolute Gasteiger partial charge is 0.114 e. The van der Waals surface area contributed by atoms with Crippen molar-refractivity contribution in [2.24, 2.45) is 0 Å². The molecule has 1 aromatic carbocycles. The van der Waals surface area contributed by atoms with Crippen molar-refractivity contribution in [2.45, 2.75) is 30.2 Å². The van der Waals surface area contributed by atoms with Crippen LogP contribution in [0.1, 0.15) is 18.2 Å². The van der Waals surface area contributed by atoms with E-state index < -0.39 is 0 Å². The number of halogens is 1. The highest BCUT2D eigenvalue weighted by molar-refractivity contribution is 9.10. The van der Waals surface area contributed by atoms with Crippen LogP contribution in [0.25, 0.3) is 0 Å². The van der Waals surface area contributed by atoms with Crippen LogP contribution >= 0.6 is 27.7 Å². The molecule has 2 rings (SSSR count). The highest BCUT2D eigenvalue weighted by atomic mass is 79.9. The maximum Gasteiger partial charge on any atom is 0.114 e. The lowest BCUT2D eigenvalue weighted by Gasteiger charge is -2.10. The van der Waals surface area contributed by atoms with Crippen molar-refractivity contribution in [3.8, 4) is 0 Å². The van der Waals surface area contributed by atoms with Crippen molar-refractivity contribution >= 4 is 27.7 Å². The average Bonchev–Trinajstić information content (AvgIpc) is 2.75. The Kier molecular flexibility index (Phi) is 4.92. The van der Waals surface area contributed by atoms with Gasteiger partial charge in [0, 0.05) is 15.9 Å². The minimum atomic E-state index is 0.884. The van der Waals surface area contributed by atoms with Gasteiger partial charge in [0.15, 0.2) is 0 Å². The lowest BCUT2D eigenvalue weighted by molar-refractivity contribution is 0.527. The van der Waals surface area contributed by atoms with Gasteiger partial charge in [-0.15, -0.1) is 0 Å². The van der Waals surface area contributed by atoms with Gasteiger partial charge in [-0.2, -0.15) is 0 Å². The summed E-state index contributed by atoms with van der Waals surface area (Å²) in [6.07, 6.45) is 1.74. The fraction of sp³-hybridized carbons (Fsp3) is 0.286. The Morgan fingerprint density at radius 1 is 1.28 bits per heavy atom. The molecule has 1 heterocycles. The Morgan fingerprint density at radius 3 is 2.78 bits per heavy atom. The van der Waals surface area contributed by atoms with E-state index in [-0.39, 0.29) is 0 Å². The molecule has 0 atom stereocenters. The molecule has 18 heavy (non-hydrogen) atoms. The number of rotatable bonds is 5. The monoisotopic (exact) mass is 325 g/mol. The molecule has 0 unspecified atom stereocenters. The van der Waals surface area contributed by atoms with E-state index in [4.69, 9.17) is 4.42 Å². The molecule has 0 aliphatic rings. The van der Waals surface area contributed by atoms with Crippen LogP contribution in [0.5, 0.6) is 0 Å². The van der Waals surface area contributed by atoms with Crippen molar-refractivity contribution in [1.82, 2.24) is 5.32 Å². The molecule has 0 saturated carbocycles. The summed E-state index contributed by atoms with van der Waals surface area (Å²) in [5.74, 6) is 0.970. The summed E-state index contributed by atoms with van der Waals surface area (Å²) >= 11 is 5.28. The van der Waals surface area contributed by atoms with Crippen molar-refractivity contribution in [3.05, 3.63) is 46.3 Å². The van der Waals surface area contributed by atoms with Crippen LogP contribution in [0.15, 0.2) is 49.2 Å². The summed E-state index contributed by atoms with van der Waals surface area (Å²) in [6.45, 7) is 5.96. The van der Waals surface area contributed by atoms with E-state index in [1.807, 2.05) is 13.0 Å². The van der Waals surface area contributed by atoms with E-state index in [0.717, 1.165) is 23.3 Å². The second-order valence-corrected chi connectivity index (χ2v) is 5.97. The van der Waals surface area contributed by atoms with Crippen LogP contribution in [0, 0.1) is 6.92 Å². The lowest BCUT2D eigenvalue weighted by atomic mass is 10.2. The van der Waals surface area contributed by atoms with E-state index in [1.165, 1.54) is 15.4 Å². The molecule has 2 nitrogen and oxygen atoms in total. The Balaban J connectivity index is 2.23. The highest BCUT2D eigenvalue weighted by Crippen LogP contribution is 2.34. The van der Waals surface area contributed by atoms with E-state index in [0.29, 0.717) is 0 Å². The third-order valence-corrected chi connectivity index (χ3v) is 4.37. The SMILES string of the molecule is CCNCc1cc(Br)ccc1Sc1ccoc1C. The highest BCUT2D eigenvalue weighted by Gasteiger charge is 2.08. The molecule has 0 aliphatic carbocycles. The Hall–Kier alpha value is -0.710. The molecule has 4 heteroatoms. The minimum Gasteiger partial charge on any atom is -0.468 e. The Bertz CT molecular complexity index is 524. The maximum absolute atomic E-state index is 5.34. The van der Waals surface area contributed by atoms with Gasteiger partial charge in [0.2, 0.25) is 0 Å². The van der Waals surface area contributed by atoms with Crippen molar-refractivity contribution < 1.29 is 4.42 Å². The molecule has 2 aromatic rings. The van der Waals surface area contributed by atoms with Gasteiger partial charge in [-0.25, -0.2) is 0 Å². The van der Waals surface area contributed by atoms with E-state index >= 15 is 0 Å². The molecule has 0 radical (unpaired) electrons. The van der Waals surface area contributed by atoms with Crippen LogP contribution in [0.4, 0.5) is 0 Å². The van der Waals surface area contributed by atoms with Gasteiger partial charge in [0.05, 0.1) is 11.2 Å². The average molecular weight is 326 g/mol. The first-order chi connectivity index (χ1) is 8.70. The molecule has 0 fully saturated rings. The number of nitrogens with one attached hydrogen (secondary N) is 1. The van der Waals surface area contributed by atoms with Gasteiger partial charge < -0.3 is 9.73 Å². The topological polar surface area (TPSA) is 25.2 Å². The standard InChI is InChI=1S/C14H16BrNOS/c1-3-16-9-11-8-12(15)4-5-14(11)18-13-6-7-17-10(13)2/h4-8,16H,3,9H2,1-2H3. The molecule has 0 aliphatic heterocycles. The first-order valence-electron chi connectivity index (χ1n) is 5.91. The second-order valence-electron chi connectivity index (χ2n) is 3.98. The maximum atomic E-state index is 5.34. The molecule has 1 N–H and O–H groups in total. The van der Waals surface area contributed by atoms with Crippen molar-refractivity contribution in [1.29, 1.82) is 0 Å². The molecule has 1 aromatic heterocycles. The van der Waals surface area contributed by atoms with Crippen LogP contribution in [0.2, 0.25) is 0 Å². The zero-order valence-corrected chi connectivity index (χ0v) is 12.9. The van der Waals surface area contributed by atoms with Gasteiger partial charge in [-0.05, 0) is 43.3 Å². The minimum absolute atomic E-state index is 0.884. The zero-order valence-electron chi connectivity index (χ0n) is 10.5. The molecular weight excluding hydrogens is 310 g/mol. The van der Waals surface area contributed by atoms with E-state index in [1.54, 1.807) is 18.0 Å². The number of furan rings is 1. The molecule has 0 spiro atoms. The molecule has 0 amide bonds. The van der Waals surface area contributed by atoms with Gasteiger partial charge in [0.1, 0.15) is 5.76 Å². The van der Waals surface area contributed by atoms with Crippen molar-refractivity contribution in [3.63, 3.8) is 0 Å². The lowest BCUT2D eigenvalue weighted by Crippen LogP contribution is -2.12. The van der Waals surface area contributed by atoms with Gasteiger partial charge >= 0.3 is 0 Å². The van der Waals surface area contributed by atoms with Crippen LogP contribution in [-0.2, 0) is 6.54 Å². The van der Waals surface area contributed by atoms with E-state index in [9.17, 15) is 0 Å². The summed E-state index contributed by atoms with van der Waals surface area (Å²) in [6, 6.07) is 8.40. The molecule has 0 bridgehead atoms. The fourth-order valence-electron chi connectivity index (χ4n) is 1.64. The Morgan fingerprint density at radius 2 is 2.11 bits per heavy atom. The predicted octanol–water partition coefficient (Wildman–Crippen LogP) is 4.61. The molecule has 0 saturated heterocycles. The number of aryl methyl sites for hydroxylation is 1. The summed E-state index contributed by atoms with van der Waals surface area (Å²) in [4.78, 5) is 2.44. The summed E-state index contributed by atoms with van der Waals surface area (Å²) in [5, 5.41) is 3.37. The zero-order chi connectivity index (χ0) is 13.0. The quantitative estimate of drug-likeness (QED) is 0.868. The van der Waals surface area contributed by atoms with Gasteiger partial charge in [0.25, 0.3) is 0 Å². The van der Waals surface area contributed by atoms with Gasteiger partial charge in [-0.1, -0.05) is 34.6 Å². The summed E-state index contributed by atoms with van der Waals surface area (Å²) < 4.78 is 6.45. The third-order valence-electron chi connectivity index (χ3n) is 2.62. The second kappa shape index (κ2) is 6.45. The van der Waals surface area contributed by atoms with Crippen molar-refractivity contribution in [2.75, 3.05) is 6.54 Å². The molecular formula is C14H16BrNOS. The fourth-order valence-corrected chi connectivity index (χ4v) is 3.00. The first kappa shape index (κ1) is 13.7. The number of benzene rings is 1. The molecule has 96 valence electrons. The predicted molar refractivity (Wildman–Crippen MR) is 79.1 cm³/mol. The largest absolute Gasteiger partial charge is 0.468 e.